The third-order valence-corrected chi connectivity index (χ3v) is 6.21. The van der Waals surface area contributed by atoms with Crippen molar-refractivity contribution in [2.45, 2.75) is 51.6 Å². The summed E-state index contributed by atoms with van der Waals surface area (Å²) in [5.74, 6) is -0.134. The predicted molar refractivity (Wildman–Crippen MR) is 107 cm³/mol. The molecule has 1 atom stereocenters. The lowest BCUT2D eigenvalue weighted by Gasteiger charge is -2.44. The highest BCUT2D eigenvalue weighted by Gasteiger charge is 2.49. The summed E-state index contributed by atoms with van der Waals surface area (Å²) >= 11 is 0. The fourth-order valence-electron chi connectivity index (χ4n) is 4.84. The van der Waals surface area contributed by atoms with Crippen LogP contribution < -0.4 is 5.32 Å². The molecule has 4 heterocycles. The maximum atomic E-state index is 13.0. The van der Waals surface area contributed by atoms with Gasteiger partial charge in [-0.15, -0.1) is 0 Å². The summed E-state index contributed by atoms with van der Waals surface area (Å²) in [5, 5.41) is 2.95. The molecule has 2 aromatic rings. The van der Waals surface area contributed by atoms with E-state index in [9.17, 15) is 14.4 Å². The van der Waals surface area contributed by atoms with Crippen LogP contribution in [-0.2, 0) is 9.59 Å². The highest BCUT2D eigenvalue weighted by molar-refractivity contribution is 5.93. The molecular weight excluding hydrogens is 370 g/mol. The number of aryl methyl sites for hydroxylation is 1. The quantitative estimate of drug-likeness (QED) is 0.829. The van der Waals surface area contributed by atoms with Gasteiger partial charge in [0.15, 0.2) is 0 Å². The van der Waals surface area contributed by atoms with E-state index in [4.69, 9.17) is 0 Å². The molecule has 2 saturated heterocycles. The number of likely N-dealkylation sites (tertiary alicyclic amines) is 2. The number of piperidine rings is 1. The molecule has 29 heavy (non-hydrogen) atoms. The fraction of sp³-hybridized carbons (Fsp3) is 0.524. The second-order valence-electron chi connectivity index (χ2n) is 8.34. The number of hydrogen-bond donors (Lipinski definition) is 1. The van der Waals surface area contributed by atoms with Crippen LogP contribution in [-0.4, -0.2) is 68.1 Å². The Labute approximate surface area is 169 Å². The molecule has 8 nitrogen and oxygen atoms in total. The molecule has 0 unspecified atom stereocenters. The third kappa shape index (κ3) is 3.59. The summed E-state index contributed by atoms with van der Waals surface area (Å²) in [5.41, 5.74) is 2.02. The van der Waals surface area contributed by atoms with Crippen molar-refractivity contribution >= 4 is 23.4 Å². The number of nitrogens with zero attached hydrogens (tertiary/aromatic N) is 4. The number of fused-ring (bicyclic) bond motifs is 1. The number of nitrogens with one attached hydrogen (secondary N) is 1. The standard InChI is InChI=1S/C21H27N5O3/c1-14-4-7-25-13-18(23-19(25)10-14)20(29)24-8-5-21(6-9-24)11-17(22-15(2)27)12-26(21)16(3)28/h4,7,10,13,17H,5-6,8-9,11-12H2,1-3H3,(H,22,27)/t17-/m1/s1. The number of amides is 3. The van der Waals surface area contributed by atoms with Gasteiger partial charge in [0, 0.05) is 57.5 Å². The lowest BCUT2D eigenvalue weighted by atomic mass is 9.84. The summed E-state index contributed by atoms with van der Waals surface area (Å²) in [6.45, 7) is 6.75. The molecule has 0 aromatic carbocycles. The first-order valence-corrected chi connectivity index (χ1v) is 10.1. The number of imidazole rings is 1. The molecule has 0 saturated carbocycles. The number of aromatic nitrogens is 2. The first-order valence-electron chi connectivity index (χ1n) is 10.1. The molecule has 8 heteroatoms. The maximum Gasteiger partial charge on any atom is 0.274 e. The van der Waals surface area contributed by atoms with Crippen molar-refractivity contribution in [3.8, 4) is 0 Å². The van der Waals surface area contributed by atoms with Gasteiger partial charge in [0.05, 0.1) is 0 Å². The van der Waals surface area contributed by atoms with Crippen molar-refractivity contribution in [3.05, 3.63) is 35.8 Å². The SMILES string of the molecule is CC(=O)N[C@H]1CN(C(C)=O)C2(CCN(C(=O)c3cn4ccc(C)cc4n3)CC2)C1. The van der Waals surface area contributed by atoms with Gasteiger partial charge in [-0.3, -0.25) is 14.4 Å². The van der Waals surface area contributed by atoms with Crippen LogP contribution in [0.1, 0.15) is 49.2 Å². The molecule has 154 valence electrons. The molecule has 0 radical (unpaired) electrons. The molecule has 2 aliphatic rings. The van der Waals surface area contributed by atoms with Crippen LogP contribution in [0.4, 0.5) is 0 Å². The normalized spacial score (nSPS) is 21.0. The Hall–Kier alpha value is -2.90. The zero-order chi connectivity index (χ0) is 20.8. The van der Waals surface area contributed by atoms with Gasteiger partial charge in [-0.1, -0.05) is 0 Å². The van der Waals surface area contributed by atoms with Crippen LogP contribution >= 0.6 is 0 Å². The van der Waals surface area contributed by atoms with Gasteiger partial charge >= 0.3 is 0 Å². The molecule has 4 rings (SSSR count). The van der Waals surface area contributed by atoms with Crippen molar-refractivity contribution in [1.82, 2.24) is 24.5 Å². The number of pyridine rings is 1. The number of rotatable bonds is 2. The van der Waals surface area contributed by atoms with E-state index in [1.165, 1.54) is 6.92 Å². The summed E-state index contributed by atoms with van der Waals surface area (Å²) in [7, 11) is 0. The van der Waals surface area contributed by atoms with Gasteiger partial charge in [-0.05, 0) is 43.9 Å². The van der Waals surface area contributed by atoms with Crippen molar-refractivity contribution in [2.75, 3.05) is 19.6 Å². The van der Waals surface area contributed by atoms with E-state index in [-0.39, 0.29) is 29.3 Å². The Morgan fingerprint density at radius 1 is 1.21 bits per heavy atom. The van der Waals surface area contributed by atoms with E-state index in [1.54, 1.807) is 13.1 Å². The number of hydrogen-bond acceptors (Lipinski definition) is 4. The number of carbonyl (C=O) groups excluding carboxylic acids is 3. The van der Waals surface area contributed by atoms with Gasteiger partial charge in [0.1, 0.15) is 11.3 Å². The molecule has 1 spiro atoms. The van der Waals surface area contributed by atoms with E-state index in [0.717, 1.165) is 17.6 Å². The molecule has 0 aliphatic carbocycles. The van der Waals surface area contributed by atoms with Gasteiger partial charge in [0.25, 0.3) is 5.91 Å². The molecule has 0 bridgehead atoms. The highest BCUT2D eigenvalue weighted by atomic mass is 16.2. The average molecular weight is 397 g/mol. The summed E-state index contributed by atoms with van der Waals surface area (Å²) in [4.78, 5) is 44.9. The summed E-state index contributed by atoms with van der Waals surface area (Å²) in [6.07, 6.45) is 5.83. The van der Waals surface area contributed by atoms with E-state index >= 15 is 0 Å². The third-order valence-electron chi connectivity index (χ3n) is 6.21. The van der Waals surface area contributed by atoms with Crippen molar-refractivity contribution in [2.24, 2.45) is 0 Å². The largest absolute Gasteiger partial charge is 0.352 e. The first-order chi connectivity index (χ1) is 13.8. The summed E-state index contributed by atoms with van der Waals surface area (Å²) in [6, 6.07) is 3.91. The Morgan fingerprint density at radius 2 is 1.93 bits per heavy atom. The molecule has 2 aromatic heterocycles. The van der Waals surface area contributed by atoms with Gasteiger partial charge < -0.3 is 19.5 Å². The Morgan fingerprint density at radius 3 is 2.59 bits per heavy atom. The minimum atomic E-state index is -0.286. The van der Waals surface area contributed by atoms with Crippen LogP contribution in [0.25, 0.3) is 5.65 Å². The van der Waals surface area contributed by atoms with Crippen molar-refractivity contribution in [3.63, 3.8) is 0 Å². The first kappa shape index (κ1) is 19.4. The number of carbonyl (C=O) groups is 3. The Balaban J connectivity index is 1.48. The highest BCUT2D eigenvalue weighted by Crippen LogP contribution is 2.39. The van der Waals surface area contributed by atoms with Crippen molar-refractivity contribution < 1.29 is 14.4 Å². The molecule has 2 fully saturated rings. The van der Waals surface area contributed by atoms with Crippen LogP contribution in [0.2, 0.25) is 0 Å². The second kappa shape index (κ2) is 7.17. The van der Waals surface area contributed by atoms with Gasteiger partial charge in [0.2, 0.25) is 11.8 Å². The van der Waals surface area contributed by atoms with Gasteiger partial charge in [-0.2, -0.15) is 0 Å². The van der Waals surface area contributed by atoms with Crippen LogP contribution in [0.15, 0.2) is 24.5 Å². The maximum absolute atomic E-state index is 13.0. The monoisotopic (exact) mass is 397 g/mol. The molecule has 1 N–H and O–H groups in total. The van der Waals surface area contributed by atoms with Crippen LogP contribution in [0.5, 0.6) is 0 Å². The minimum Gasteiger partial charge on any atom is -0.352 e. The zero-order valence-electron chi connectivity index (χ0n) is 17.1. The van der Waals surface area contributed by atoms with E-state index in [1.807, 2.05) is 39.5 Å². The lowest BCUT2D eigenvalue weighted by molar-refractivity contribution is -0.134. The van der Waals surface area contributed by atoms with Crippen LogP contribution in [0.3, 0.4) is 0 Å². The Kier molecular flexibility index (Phi) is 4.80. The summed E-state index contributed by atoms with van der Waals surface area (Å²) < 4.78 is 1.86. The molecule has 2 aliphatic heterocycles. The molecular formula is C21H27N5O3. The Bertz CT molecular complexity index is 974. The smallest absolute Gasteiger partial charge is 0.274 e. The van der Waals surface area contributed by atoms with Gasteiger partial charge in [-0.25, -0.2) is 4.98 Å². The van der Waals surface area contributed by atoms with Crippen LogP contribution in [0, 0.1) is 6.92 Å². The minimum absolute atomic E-state index is 0.0216. The molecule has 3 amide bonds. The fourth-order valence-corrected chi connectivity index (χ4v) is 4.84. The average Bonchev–Trinajstić information content (AvgIpc) is 3.22. The zero-order valence-corrected chi connectivity index (χ0v) is 17.1. The van der Waals surface area contributed by atoms with E-state index in [2.05, 4.69) is 10.3 Å². The van der Waals surface area contributed by atoms with E-state index < -0.39 is 0 Å². The van der Waals surface area contributed by atoms with E-state index in [0.29, 0.717) is 38.2 Å². The predicted octanol–water partition coefficient (Wildman–Crippen LogP) is 1.37. The second-order valence-corrected chi connectivity index (χ2v) is 8.34. The van der Waals surface area contributed by atoms with Crippen molar-refractivity contribution in [1.29, 1.82) is 0 Å². The topological polar surface area (TPSA) is 87.0 Å². The lowest BCUT2D eigenvalue weighted by Crippen LogP contribution is -2.54.